The van der Waals surface area contributed by atoms with Gasteiger partial charge in [-0.15, -0.1) is 0 Å². The normalized spacial score (nSPS) is 31.7. The Labute approximate surface area is 103 Å². The molecule has 0 radical (unpaired) electrons. The number of rotatable bonds is 3. The van der Waals surface area contributed by atoms with Gasteiger partial charge in [0.25, 0.3) is 5.56 Å². The zero-order chi connectivity index (χ0) is 13.3. The van der Waals surface area contributed by atoms with Gasteiger partial charge < -0.3 is 14.6 Å². The minimum atomic E-state index is -0.955. The topological polar surface area (TPSA) is 93.6 Å². The van der Waals surface area contributed by atoms with Crippen LogP contribution < -0.4 is 11.2 Å². The van der Waals surface area contributed by atoms with E-state index in [-0.39, 0.29) is 6.10 Å². The first-order valence-corrected chi connectivity index (χ1v) is 5.76. The molecule has 0 amide bonds. The Kier molecular flexibility index (Phi) is 3.65. The van der Waals surface area contributed by atoms with Crippen molar-refractivity contribution in [3.05, 3.63) is 33.1 Å². The summed E-state index contributed by atoms with van der Waals surface area (Å²) < 4.78 is 11.9. The number of aromatic amines is 1. The molecule has 2 N–H and O–H groups in total. The van der Waals surface area contributed by atoms with Gasteiger partial charge in [0.15, 0.2) is 6.23 Å². The maximum absolute atomic E-state index is 11.6. The first-order chi connectivity index (χ1) is 8.58. The van der Waals surface area contributed by atoms with Gasteiger partial charge in [-0.25, -0.2) is 4.79 Å². The molecule has 1 aromatic heterocycles. The maximum atomic E-state index is 11.6. The summed E-state index contributed by atoms with van der Waals surface area (Å²) in [6, 6.07) is 1.21. The fourth-order valence-corrected chi connectivity index (χ4v) is 2.20. The lowest BCUT2D eigenvalue weighted by Crippen LogP contribution is -2.38. The monoisotopic (exact) mass is 256 g/mol. The van der Waals surface area contributed by atoms with Gasteiger partial charge in [-0.2, -0.15) is 0 Å². The van der Waals surface area contributed by atoms with Gasteiger partial charge in [-0.3, -0.25) is 14.3 Å². The van der Waals surface area contributed by atoms with Gasteiger partial charge in [0.2, 0.25) is 0 Å². The molecule has 2 rings (SSSR count). The van der Waals surface area contributed by atoms with Crippen LogP contribution in [-0.2, 0) is 9.47 Å². The molecule has 2 heterocycles. The van der Waals surface area contributed by atoms with E-state index in [4.69, 9.17) is 9.47 Å². The lowest BCUT2D eigenvalue weighted by atomic mass is 10.1. The summed E-state index contributed by atoms with van der Waals surface area (Å²) in [6.07, 6.45) is -0.607. The lowest BCUT2D eigenvalue weighted by Gasteiger charge is -2.18. The van der Waals surface area contributed by atoms with E-state index in [0.29, 0.717) is 6.42 Å². The average Bonchev–Trinajstić information content (AvgIpc) is 2.66. The molecule has 1 aliphatic rings. The second-order valence-corrected chi connectivity index (χ2v) is 4.18. The van der Waals surface area contributed by atoms with E-state index >= 15 is 0 Å². The maximum Gasteiger partial charge on any atom is 0.330 e. The highest BCUT2D eigenvalue weighted by molar-refractivity contribution is 4.93. The van der Waals surface area contributed by atoms with Crippen molar-refractivity contribution in [1.82, 2.24) is 9.55 Å². The van der Waals surface area contributed by atoms with Crippen molar-refractivity contribution < 1.29 is 14.6 Å². The van der Waals surface area contributed by atoms with Crippen molar-refractivity contribution in [2.45, 2.75) is 37.9 Å². The number of aromatic nitrogens is 2. The van der Waals surface area contributed by atoms with Crippen molar-refractivity contribution in [2.75, 3.05) is 7.11 Å². The summed E-state index contributed by atoms with van der Waals surface area (Å²) in [6.45, 7) is 1.90. The molecule has 4 atom stereocenters. The number of H-pyrrole nitrogens is 1. The minimum Gasteiger partial charge on any atom is -0.386 e. The summed E-state index contributed by atoms with van der Waals surface area (Å²) in [5.74, 6) is 0. The minimum absolute atomic E-state index is 0.283. The number of methoxy groups -OCH3 is 1. The molecule has 0 bridgehead atoms. The van der Waals surface area contributed by atoms with Gasteiger partial charge in [-0.05, 0) is 6.42 Å². The summed E-state index contributed by atoms with van der Waals surface area (Å²) in [7, 11) is 1.48. The molecule has 1 fully saturated rings. The summed E-state index contributed by atoms with van der Waals surface area (Å²) in [5.41, 5.74) is -1.10. The first kappa shape index (κ1) is 13.0. The summed E-state index contributed by atoms with van der Waals surface area (Å²) in [5, 5.41) is 10.1. The van der Waals surface area contributed by atoms with Gasteiger partial charge >= 0.3 is 5.69 Å². The molecule has 1 aliphatic heterocycles. The van der Waals surface area contributed by atoms with E-state index in [9.17, 15) is 14.7 Å². The number of aliphatic hydroxyl groups is 1. The predicted octanol–water partition coefficient (Wildman–Crippen LogP) is -0.780. The number of hydrogen-bond donors (Lipinski definition) is 2. The van der Waals surface area contributed by atoms with Gasteiger partial charge in [-0.1, -0.05) is 6.92 Å². The van der Waals surface area contributed by atoms with Crippen LogP contribution in [-0.4, -0.2) is 40.1 Å². The Morgan fingerprint density at radius 1 is 1.56 bits per heavy atom. The molecule has 18 heavy (non-hydrogen) atoms. The molecule has 0 spiro atoms. The zero-order valence-corrected chi connectivity index (χ0v) is 10.2. The van der Waals surface area contributed by atoms with Crippen molar-refractivity contribution in [1.29, 1.82) is 0 Å². The van der Waals surface area contributed by atoms with Crippen LogP contribution in [0.25, 0.3) is 0 Å². The number of ether oxygens (including phenoxy) is 2. The molecule has 0 aromatic carbocycles. The highest BCUT2D eigenvalue weighted by Crippen LogP contribution is 2.31. The standard InChI is InChI=1S/C11H16N2O5/c1-3-6-9(17-2)8(15)10(18-6)13-5-4-7(14)12-11(13)16/h4-6,8-10,15H,3H2,1-2H3,(H,12,14,16)/t6-,8?,9+,10-/m1/s1. The SMILES string of the molecule is CC[C@H]1O[C@@H](n2ccc(=O)[nH]c2=O)C(O)[C@H]1OC. The van der Waals surface area contributed by atoms with E-state index in [1.165, 1.54) is 19.4 Å². The second-order valence-electron chi connectivity index (χ2n) is 4.18. The number of nitrogens with one attached hydrogen (secondary N) is 1. The number of aliphatic hydroxyl groups excluding tert-OH is 1. The molecule has 1 saturated heterocycles. The van der Waals surface area contributed by atoms with Crippen LogP contribution >= 0.6 is 0 Å². The largest absolute Gasteiger partial charge is 0.386 e. The highest BCUT2D eigenvalue weighted by atomic mass is 16.6. The van der Waals surface area contributed by atoms with Gasteiger partial charge in [0.1, 0.15) is 12.2 Å². The Morgan fingerprint density at radius 2 is 2.28 bits per heavy atom. The molecular formula is C11H16N2O5. The first-order valence-electron chi connectivity index (χ1n) is 5.76. The Balaban J connectivity index is 2.34. The predicted molar refractivity (Wildman–Crippen MR) is 62.3 cm³/mol. The van der Waals surface area contributed by atoms with Crippen molar-refractivity contribution in [3.8, 4) is 0 Å². The van der Waals surface area contributed by atoms with Crippen molar-refractivity contribution >= 4 is 0 Å². The third-order valence-electron chi connectivity index (χ3n) is 3.11. The van der Waals surface area contributed by atoms with E-state index < -0.39 is 29.7 Å². The number of hydrogen-bond acceptors (Lipinski definition) is 5. The van der Waals surface area contributed by atoms with E-state index in [2.05, 4.69) is 4.98 Å². The smallest absolute Gasteiger partial charge is 0.330 e. The van der Waals surface area contributed by atoms with Gasteiger partial charge in [0, 0.05) is 19.4 Å². The van der Waals surface area contributed by atoms with Crippen molar-refractivity contribution in [3.63, 3.8) is 0 Å². The molecule has 1 aromatic rings. The summed E-state index contributed by atoms with van der Waals surface area (Å²) in [4.78, 5) is 24.7. The van der Waals surface area contributed by atoms with Crippen LogP contribution in [0.15, 0.2) is 21.9 Å². The zero-order valence-electron chi connectivity index (χ0n) is 10.2. The molecule has 1 unspecified atom stereocenters. The Bertz CT molecular complexity index is 523. The molecule has 0 aliphatic carbocycles. The fourth-order valence-electron chi connectivity index (χ4n) is 2.20. The van der Waals surface area contributed by atoms with Crippen LogP contribution in [0.4, 0.5) is 0 Å². The third-order valence-corrected chi connectivity index (χ3v) is 3.11. The van der Waals surface area contributed by atoms with E-state index in [0.717, 1.165) is 4.57 Å². The average molecular weight is 256 g/mol. The molecule has 0 saturated carbocycles. The van der Waals surface area contributed by atoms with Crippen LogP contribution in [0.3, 0.4) is 0 Å². The van der Waals surface area contributed by atoms with Crippen LogP contribution in [0.5, 0.6) is 0 Å². The molecule has 7 heteroatoms. The second kappa shape index (κ2) is 5.05. The third kappa shape index (κ3) is 2.12. The summed E-state index contributed by atoms with van der Waals surface area (Å²) >= 11 is 0. The fraction of sp³-hybridized carbons (Fsp3) is 0.636. The number of nitrogens with zero attached hydrogens (tertiary/aromatic N) is 1. The molecular weight excluding hydrogens is 240 g/mol. The van der Waals surface area contributed by atoms with Crippen LogP contribution in [0, 0.1) is 0 Å². The Hall–Kier alpha value is -1.44. The molecule has 100 valence electrons. The van der Waals surface area contributed by atoms with Crippen molar-refractivity contribution in [2.24, 2.45) is 0 Å². The van der Waals surface area contributed by atoms with Gasteiger partial charge in [0.05, 0.1) is 6.10 Å². The van der Waals surface area contributed by atoms with E-state index in [1.54, 1.807) is 0 Å². The molecule has 7 nitrogen and oxygen atoms in total. The quantitative estimate of drug-likeness (QED) is 0.740. The highest BCUT2D eigenvalue weighted by Gasteiger charge is 2.44. The lowest BCUT2D eigenvalue weighted by molar-refractivity contribution is -0.0405. The van der Waals surface area contributed by atoms with Crippen LogP contribution in [0.1, 0.15) is 19.6 Å². The Morgan fingerprint density at radius 3 is 2.78 bits per heavy atom. The van der Waals surface area contributed by atoms with Crippen LogP contribution in [0.2, 0.25) is 0 Å². The van der Waals surface area contributed by atoms with E-state index in [1.807, 2.05) is 6.92 Å².